The molecule has 1 fully saturated rings. The van der Waals surface area contributed by atoms with Gasteiger partial charge in [-0.05, 0) is 63.8 Å². The van der Waals surface area contributed by atoms with E-state index in [4.69, 9.17) is 10.5 Å². The number of nitrogens with two attached hydrogens (primary N) is 1. The fourth-order valence-electron chi connectivity index (χ4n) is 2.73. The molecule has 0 spiro atoms. The zero-order valence-electron chi connectivity index (χ0n) is 13.5. The zero-order valence-corrected chi connectivity index (χ0v) is 14.3. The van der Waals surface area contributed by atoms with Crippen LogP contribution >= 0.6 is 0 Å². The number of sulfonamides is 1. The molecule has 2 atom stereocenters. The second-order valence-corrected chi connectivity index (χ2v) is 8.20. The highest BCUT2D eigenvalue weighted by atomic mass is 32.2. The van der Waals surface area contributed by atoms with Crippen LogP contribution in [0.3, 0.4) is 0 Å². The molecule has 2 rings (SSSR count). The quantitative estimate of drug-likeness (QED) is 0.900. The monoisotopic (exact) mass is 326 g/mol. The van der Waals surface area contributed by atoms with Gasteiger partial charge >= 0.3 is 0 Å². The first-order chi connectivity index (χ1) is 10.3. The van der Waals surface area contributed by atoms with Gasteiger partial charge in [-0.2, -0.15) is 4.31 Å². The van der Waals surface area contributed by atoms with E-state index >= 15 is 0 Å². The Hall–Kier alpha value is -1.11. The molecular weight excluding hydrogens is 300 g/mol. The molecule has 0 radical (unpaired) electrons. The van der Waals surface area contributed by atoms with E-state index in [2.05, 4.69) is 0 Å². The van der Waals surface area contributed by atoms with Crippen molar-refractivity contribution >= 4 is 10.0 Å². The molecule has 0 bridgehead atoms. The van der Waals surface area contributed by atoms with E-state index in [-0.39, 0.29) is 18.1 Å². The van der Waals surface area contributed by atoms with Gasteiger partial charge in [-0.25, -0.2) is 8.42 Å². The van der Waals surface area contributed by atoms with Crippen LogP contribution in [0.1, 0.15) is 33.6 Å². The van der Waals surface area contributed by atoms with Crippen molar-refractivity contribution in [1.82, 2.24) is 4.31 Å². The van der Waals surface area contributed by atoms with Gasteiger partial charge in [0.25, 0.3) is 0 Å². The highest BCUT2D eigenvalue weighted by molar-refractivity contribution is 7.89. The number of ether oxygens (including phenoxy) is 1. The standard InChI is InChI=1S/C16H26N2O3S/c1-12(2)21-15-6-8-16(9-7-15)22(19,20)18-10-4-5-14(11-18)13(3)17/h6-9,12-14H,4-5,10-11,17H2,1-3H3. The van der Waals surface area contributed by atoms with Crippen LogP contribution in [0, 0.1) is 5.92 Å². The Kier molecular flexibility index (Phi) is 5.47. The number of hydrogen-bond acceptors (Lipinski definition) is 4. The van der Waals surface area contributed by atoms with Crippen LogP contribution in [0.5, 0.6) is 5.75 Å². The predicted molar refractivity (Wildman–Crippen MR) is 87.3 cm³/mol. The molecule has 0 amide bonds. The molecule has 1 aliphatic rings. The minimum Gasteiger partial charge on any atom is -0.491 e. The van der Waals surface area contributed by atoms with Gasteiger partial charge in [-0.15, -0.1) is 0 Å². The number of piperidine rings is 1. The lowest BCUT2D eigenvalue weighted by Gasteiger charge is -2.33. The molecule has 2 N–H and O–H groups in total. The van der Waals surface area contributed by atoms with Crippen molar-refractivity contribution < 1.29 is 13.2 Å². The number of benzene rings is 1. The lowest BCUT2D eigenvalue weighted by atomic mass is 9.93. The predicted octanol–water partition coefficient (Wildman–Crippen LogP) is 2.22. The minimum absolute atomic E-state index is 0.0137. The number of hydrogen-bond donors (Lipinski definition) is 1. The van der Waals surface area contributed by atoms with Crippen LogP contribution in [-0.2, 0) is 10.0 Å². The maximum atomic E-state index is 12.7. The molecule has 1 aromatic rings. The average Bonchev–Trinajstić information content (AvgIpc) is 2.47. The molecular formula is C16H26N2O3S. The third-order valence-electron chi connectivity index (χ3n) is 4.00. The van der Waals surface area contributed by atoms with Crippen LogP contribution in [0.2, 0.25) is 0 Å². The Labute approximate surface area is 133 Å². The Morgan fingerprint density at radius 3 is 2.41 bits per heavy atom. The average molecular weight is 326 g/mol. The van der Waals surface area contributed by atoms with Gasteiger partial charge in [0.15, 0.2) is 0 Å². The van der Waals surface area contributed by atoms with E-state index in [0.29, 0.717) is 23.7 Å². The van der Waals surface area contributed by atoms with Crippen molar-refractivity contribution in [3.63, 3.8) is 0 Å². The van der Waals surface area contributed by atoms with E-state index in [9.17, 15) is 8.42 Å². The van der Waals surface area contributed by atoms with E-state index in [1.807, 2.05) is 20.8 Å². The third-order valence-corrected chi connectivity index (χ3v) is 5.88. The molecule has 124 valence electrons. The topological polar surface area (TPSA) is 72.6 Å². The van der Waals surface area contributed by atoms with Gasteiger partial charge in [0, 0.05) is 19.1 Å². The summed E-state index contributed by atoms with van der Waals surface area (Å²) in [6.45, 7) is 6.89. The summed E-state index contributed by atoms with van der Waals surface area (Å²) in [5, 5.41) is 0. The third kappa shape index (κ3) is 4.00. The van der Waals surface area contributed by atoms with Crippen molar-refractivity contribution in [2.24, 2.45) is 11.7 Å². The minimum atomic E-state index is -3.45. The fraction of sp³-hybridized carbons (Fsp3) is 0.625. The second kappa shape index (κ2) is 6.98. The maximum Gasteiger partial charge on any atom is 0.243 e. The first-order valence-corrected chi connectivity index (χ1v) is 9.27. The molecule has 0 saturated carbocycles. The van der Waals surface area contributed by atoms with Gasteiger partial charge < -0.3 is 10.5 Å². The van der Waals surface area contributed by atoms with Crippen LogP contribution in [-0.4, -0.2) is 38.0 Å². The fourth-order valence-corrected chi connectivity index (χ4v) is 4.27. The first-order valence-electron chi connectivity index (χ1n) is 7.83. The molecule has 1 saturated heterocycles. The smallest absolute Gasteiger partial charge is 0.243 e. The molecule has 2 unspecified atom stereocenters. The Morgan fingerprint density at radius 2 is 1.86 bits per heavy atom. The first kappa shape index (κ1) is 17.2. The van der Waals surface area contributed by atoms with Gasteiger partial charge in [-0.3, -0.25) is 0 Å². The number of nitrogens with zero attached hydrogens (tertiary/aromatic N) is 1. The lowest BCUT2D eigenvalue weighted by molar-refractivity contribution is 0.241. The van der Waals surface area contributed by atoms with Crippen LogP contribution < -0.4 is 10.5 Å². The van der Waals surface area contributed by atoms with Crippen molar-refractivity contribution in [3.8, 4) is 5.75 Å². The van der Waals surface area contributed by atoms with E-state index in [1.54, 1.807) is 28.6 Å². The van der Waals surface area contributed by atoms with Crippen molar-refractivity contribution in [3.05, 3.63) is 24.3 Å². The van der Waals surface area contributed by atoms with E-state index in [1.165, 1.54) is 0 Å². The summed E-state index contributed by atoms with van der Waals surface area (Å²) in [5.41, 5.74) is 5.94. The summed E-state index contributed by atoms with van der Waals surface area (Å²) in [6, 6.07) is 6.66. The van der Waals surface area contributed by atoms with Crippen LogP contribution in [0.15, 0.2) is 29.2 Å². The Morgan fingerprint density at radius 1 is 1.23 bits per heavy atom. The molecule has 1 heterocycles. The van der Waals surface area contributed by atoms with Crippen LogP contribution in [0.4, 0.5) is 0 Å². The number of rotatable bonds is 5. The maximum absolute atomic E-state index is 12.7. The highest BCUT2D eigenvalue weighted by Crippen LogP contribution is 2.26. The van der Waals surface area contributed by atoms with Gasteiger partial charge in [0.2, 0.25) is 10.0 Å². The summed E-state index contributed by atoms with van der Waals surface area (Å²) in [6.07, 6.45) is 1.92. The summed E-state index contributed by atoms with van der Waals surface area (Å²) in [4.78, 5) is 0.314. The summed E-state index contributed by atoms with van der Waals surface area (Å²) >= 11 is 0. The molecule has 1 aliphatic heterocycles. The molecule has 0 aromatic heterocycles. The summed E-state index contributed by atoms with van der Waals surface area (Å²) < 4.78 is 32.6. The summed E-state index contributed by atoms with van der Waals surface area (Å²) in [7, 11) is -3.45. The Bertz CT molecular complexity index is 582. The van der Waals surface area contributed by atoms with Crippen molar-refractivity contribution in [2.75, 3.05) is 13.1 Å². The lowest BCUT2D eigenvalue weighted by Crippen LogP contribution is -2.44. The second-order valence-electron chi connectivity index (χ2n) is 6.26. The highest BCUT2D eigenvalue weighted by Gasteiger charge is 2.31. The molecule has 5 nitrogen and oxygen atoms in total. The van der Waals surface area contributed by atoms with E-state index < -0.39 is 10.0 Å². The SMILES string of the molecule is CC(C)Oc1ccc(S(=O)(=O)N2CCCC(C(C)N)C2)cc1. The zero-order chi connectivity index (χ0) is 16.3. The van der Waals surface area contributed by atoms with Crippen LogP contribution in [0.25, 0.3) is 0 Å². The summed E-state index contributed by atoms with van der Waals surface area (Å²) in [5.74, 6) is 0.910. The van der Waals surface area contributed by atoms with Gasteiger partial charge in [-0.1, -0.05) is 0 Å². The molecule has 22 heavy (non-hydrogen) atoms. The normalized spacial score (nSPS) is 21.8. The Balaban J connectivity index is 2.15. The molecule has 0 aliphatic carbocycles. The van der Waals surface area contributed by atoms with E-state index in [0.717, 1.165) is 12.8 Å². The molecule has 6 heteroatoms. The van der Waals surface area contributed by atoms with Gasteiger partial charge in [0.05, 0.1) is 11.0 Å². The molecule has 1 aromatic carbocycles. The van der Waals surface area contributed by atoms with Crippen molar-refractivity contribution in [1.29, 1.82) is 0 Å². The van der Waals surface area contributed by atoms with Crippen molar-refractivity contribution in [2.45, 2.75) is 50.7 Å². The van der Waals surface area contributed by atoms with Gasteiger partial charge in [0.1, 0.15) is 5.75 Å². The largest absolute Gasteiger partial charge is 0.491 e.